The van der Waals surface area contributed by atoms with Crippen molar-refractivity contribution >= 4 is 36.6 Å². The van der Waals surface area contributed by atoms with E-state index < -0.39 is 0 Å². The molecule has 3 aliphatic heterocycles. The fraction of sp³-hybridized carbons (Fsp3) is 0.536. The average Bonchev–Trinajstić information content (AvgIpc) is 2.90. The van der Waals surface area contributed by atoms with Crippen LogP contribution < -0.4 is 0 Å². The Morgan fingerprint density at radius 3 is 2.44 bits per heavy atom. The number of nitrogens with zero attached hydrogens (tertiary/aromatic N) is 3. The van der Waals surface area contributed by atoms with E-state index in [9.17, 15) is 9.59 Å². The quantitative estimate of drug-likeness (QED) is 0.380. The largest absolute Gasteiger partial charge is 0.340 e. The molecule has 1 aromatic carbocycles. The van der Waals surface area contributed by atoms with Gasteiger partial charge in [0.2, 0.25) is 11.8 Å². The summed E-state index contributed by atoms with van der Waals surface area (Å²) in [7, 11) is 0. The number of carbonyl (C=O) groups excluding carboxylic acids is 2. The van der Waals surface area contributed by atoms with E-state index in [1.165, 1.54) is 36.8 Å². The van der Waals surface area contributed by atoms with Crippen molar-refractivity contribution in [2.24, 2.45) is 5.92 Å². The van der Waals surface area contributed by atoms with Gasteiger partial charge in [0.25, 0.3) is 0 Å². The summed E-state index contributed by atoms with van der Waals surface area (Å²) in [5.41, 5.74) is 2.63. The highest BCUT2D eigenvalue weighted by Crippen LogP contribution is 2.36. The number of amides is 2. The van der Waals surface area contributed by atoms with Crippen LogP contribution in [0, 0.1) is 5.92 Å². The number of likely N-dealkylation sites (tertiary alicyclic amines) is 1. The SMILES string of the molecule is O=C(CC(=O)N1CCCC2CCCCC21)N1CCN(C(C2=CC=IC=C2)c2ccccc2)CC1. The lowest BCUT2D eigenvalue weighted by Crippen LogP contribution is -2.53. The molecule has 3 atom stereocenters. The van der Waals surface area contributed by atoms with Gasteiger partial charge in [-0.15, -0.1) is 0 Å². The third-order valence-corrected chi connectivity index (χ3v) is 9.54. The highest BCUT2D eigenvalue weighted by molar-refractivity contribution is 14.2. The normalized spacial score (nSPS) is 26.3. The molecule has 4 aliphatic rings. The van der Waals surface area contributed by atoms with E-state index in [1.54, 1.807) is 0 Å². The fourth-order valence-corrected chi connectivity index (χ4v) is 7.74. The van der Waals surface area contributed by atoms with E-state index in [0.717, 1.165) is 32.5 Å². The van der Waals surface area contributed by atoms with Crippen molar-refractivity contribution in [1.82, 2.24) is 14.7 Å². The minimum Gasteiger partial charge on any atom is -0.340 e. The van der Waals surface area contributed by atoms with Crippen LogP contribution in [0.15, 0.2) is 52.1 Å². The molecule has 0 N–H and O–H groups in total. The highest BCUT2D eigenvalue weighted by atomic mass is 127. The van der Waals surface area contributed by atoms with E-state index in [2.05, 4.69) is 60.4 Å². The van der Waals surface area contributed by atoms with Gasteiger partial charge in [0.1, 0.15) is 6.42 Å². The molecule has 5 nitrogen and oxygen atoms in total. The summed E-state index contributed by atoms with van der Waals surface area (Å²) in [5, 5.41) is 0. The van der Waals surface area contributed by atoms with Crippen LogP contribution in [0.3, 0.4) is 0 Å². The average molecular weight is 574 g/mol. The Hall–Kier alpha value is -1.80. The second kappa shape index (κ2) is 11.3. The lowest BCUT2D eigenvalue weighted by Gasteiger charge is -2.44. The van der Waals surface area contributed by atoms with E-state index in [-0.39, 0.29) is 45.0 Å². The first-order valence-electron chi connectivity index (χ1n) is 12.9. The maximum atomic E-state index is 13.1. The summed E-state index contributed by atoms with van der Waals surface area (Å²) in [6.07, 6.45) is 11.8. The van der Waals surface area contributed by atoms with Gasteiger partial charge in [-0.2, -0.15) is 0 Å². The molecular formula is C28H36IN3O2. The molecular weight excluding hydrogens is 537 g/mol. The summed E-state index contributed by atoms with van der Waals surface area (Å²) in [6.45, 7) is 3.87. The zero-order valence-corrected chi connectivity index (χ0v) is 22.1. The first kappa shape index (κ1) is 23.9. The molecule has 0 radical (unpaired) electrons. The van der Waals surface area contributed by atoms with Gasteiger partial charge < -0.3 is 9.80 Å². The van der Waals surface area contributed by atoms with Crippen LogP contribution in [0.4, 0.5) is 0 Å². The molecule has 1 aromatic rings. The standard InChI is InChI=1S/C28H36IN3O2/c33-26(21-27(34)32-16-6-10-22-7-4-5-11-25(22)32)30-17-19-31(20-18-30)28(23-8-2-1-3-9-23)24-12-14-29-15-13-24/h1-3,8-9,12-15,22,25,28H,4-7,10-11,16-21H2. The number of rotatable bonds is 5. The smallest absolute Gasteiger partial charge is 0.232 e. The molecule has 0 aromatic heterocycles. The number of piperazine rings is 1. The third kappa shape index (κ3) is 5.38. The van der Waals surface area contributed by atoms with Gasteiger partial charge in [-0.1, -0.05) is 76.1 Å². The number of halogens is 1. The van der Waals surface area contributed by atoms with E-state index in [1.807, 2.05) is 4.90 Å². The number of benzene rings is 1. The van der Waals surface area contributed by atoms with Crippen LogP contribution >= 0.6 is 20.7 Å². The number of fused-ring (bicyclic) bond motifs is 1. The van der Waals surface area contributed by atoms with Crippen molar-refractivity contribution in [3.05, 3.63) is 57.7 Å². The molecule has 0 bridgehead atoms. The van der Waals surface area contributed by atoms with Crippen LogP contribution in [0.25, 0.3) is 0 Å². The molecule has 3 heterocycles. The predicted molar refractivity (Wildman–Crippen MR) is 146 cm³/mol. The molecule has 3 unspecified atom stereocenters. The number of allylic oxidation sites excluding steroid dienone is 1. The lowest BCUT2D eigenvalue weighted by molar-refractivity contribution is -0.145. The topological polar surface area (TPSA) is 43.9 Å². The summed E-state index contributed by atoms with van der Waals surface area (Å²) < 4.78 is 4.65. The molecule has 2 amide bonds. The number of hydrogen-bond donors (Lipinski definition) is 0. The van der Waals surface area contributed by atoms with E-state index in [0.29, 0.717) is 25.0 Å². The van der Waals surface area contributed by atoms with Crippen LogP contribution in [0.5, 0.6) is 0 Å². The van der Waals surface area contributed by atoms with Gasteiger partial charge in [-0.05, 0) is 50.8 Å². The monoisotopic (exact) mass is 573 g/mol. The zero-order chi connectivity index (χ0) is 23.3. The Morgan fingerprint density at radius 2 is 1.68 bits per heavy atom. The van der Waals surface area contributed by atoms with E-state index in [4.69, 9.17) is 0 Å². The van der Waals surface area contributed by atoms with Crippen molar-refractivity contribution in [2.75, 3.05) is 32.7 Å². The van der Waals surface area contributed by atoms with Crippen molar-refractivity contribution < 1.29 is 9.59 Å². The Morgan fingerprint density at radius 1 is 0.912 bits per heavy atom. The first-order chi connectivity index (χ1) is 16.7. The fourth-order valence-electron chi connectivity index (χ4n) is 6.25. The Bertz CT molecular complexity index is 963. The number of carbonyl (C=O) groups is 2. The molecule has 0 spiro atoms. The molecule has 6 heteroatoms. The first-order valence-corrected chi connectivity index (χ1v) is 15.4. The third-order valence-electron chi connectivity index (χ3n) is 7.99. The number of piperidine rings is 1. The van der Waals surface area contributed by atoms with Crippen LogP contribution in [-0.2, 0) is 9.59 Å². The summed E-state index contributed by atoms with van der Waals surface area (Å²) in [5.74, 6) is 0.721. The van der Waals surface area contributed by atoms with Gasteiger partial charge in [-0.25, -0.2) is 0 Å². The van der Waals surface area contributed by atoms with Gasteiger partial charge in [-0.3, -0.25) is 14.5 Å². The zero-order valence-electron chi connectivity index (χ0n) is 19.9. The molecule has 182 valence electrons. The maximum absolute atomic E-state index is 13.1. The van der Waals surface area contributed by atoms with Crippen LogP contribution in [-0.4, -0.2) is 69.3 Å². The lowest BCUT2D eigenvalue weighted by atomic mass is 9.78. The Balaban J connectivity index is 1.20. The summed E-state index contributed by atoms with van der Waals surface area (Å²) in [6, 6.07) is 11.3. The van der Waals surface area contributed by atoms with Gasteiger partial charge in [0.05, 0.1) is 6.04 Å². The van der Waals surface area contributed by atoms with Crippen molar-refractivity contribution in [2.45, 2.75) is 57.0 Å². The molecule has 1 saturated carbocycles. The van der Waals surface area contributed by atoms with Gasteiger partial charge in [0, 0.05) is 38.8 Å². The summed E-state index contributed by atoms with van der Waals surface area (Å²) in [4.78, 5) is 32.7. The van der Waals surface area contributed by atoms with Crippen molar-refractivity contribution in [1.29, 1.82) is 0 Å². The molecule has 34 heavy (non-hydrogen) atoms. The van der Waals surface area contributed by atoms with Crippen LogP contribution in [0.1, 0.15) is 56.6 Å². The number of hydrogen-bond acceptors (Lipinski definition) is 3. The van der Waals surface area contributed by atoms with Gasteiger partial charge in [0.15, 0.2) is 0 Å². The molecule has 1 aliphatic carbocycles. The summed E-state index contributed by atoms with van der Waals surface area (Å²) >= 11 is 0.0475. The molecule has 5 rings (SSSR count). The second-order valence-corrected chi connectivity index (χ2v) is 12.1. The van der Waals surface area contributed by atoms with E-state index >= 15 is 0 Å². The minimum absolute atomic E-state index is 0.00806. The van der Waals surface area contributed by atoms with Crippen molar-refractivity contribution in [3.8, 4) is 0 Å². The Kier molecular flexibility index (Phi) is 7.94. The molecule has 3 fully saturated rings. The molecule has 2 saturated heterocycles. The predicted octanol–water partition coefficient (Wildman–Crippen LogP) is 4.67. The maximum Gasteiger partial charge on any atom is 0.232 e. The Labute approximate surface area is 213 Å². The minimum atomic E-state index is 0.00806. The van der Waals surface area contributed by atoms with Crippen molar-refractivity contribution in [3.63, 3.8) is 0 Å². The van der Waals surface area contributed by atoms with Crippen LogP contribution in [0.2, 0.25) is 0 Å². The van der Waals surface area contributed by atoms with Gasteiger partial charge >= 0.3 is 0 Å². The second-order valence-electron chi connectivity index (χ2n) is 9.96. The highest BCUT2D eigenvalue weighted by Gasteiger charge is 2.37.